The molecule has 25 heavy (non-hydrogen) atoms. The Balaban J connectivity index is 2.76. The molecule has 0 fully saturated rings. The van der Waals surface area contributed by atoms with E-state index in [1.807, 2.05) is 32.9 Å². The summed E-state index contributed by atoms with van der Waals surface area (Å²) >= 11 is 0. The molecule has 6 heteroatoms. The van der Waals surface area contributed by atoms with Crippen LogP contribution in [0.15, 0.2) is 24.3 Å². The molecule has 0 aromatic heterocycles. The maximum absolute atomic E-state index is 12.5. The first kappa shape index (κ1) is 20.7. The zero-order valence-electron chi connectivity index (χ0n) is 15.3. The van der Waals surface area contributed by atoms with Gasteiger partial charge in [0.2, 0.25) is 5.91 Å². The number of aryl methyl sites for hydroxylation is 1. The number of nitrogens with one attached hydrogen (secondary N) is 2. The fourth-order valence-electron chi connectivity index (χ4n) is 2.52. The van der Waals surface area contributed by atoms with Crippen LogP contribution in [-0.4, -0.2) is 35.0 Å². The van der Waals surface area contributed by atoms with Gasteiger partial charge in [-0.15, -0.1) is 0 Å². The van der Waals surface area contributed by atoms with Gasteiger partial charge in [-0.1, -0.05) is 32.0 Å². The summed E-state index contributed by atoms with van der Waals surface area (Å²) in [5.74, 6) is -1.24. The van der Waals surface area contributed by atoms with Gasteiger partial charge in [0.05, 0.1) is 0 Å². The maximum Gasteiger partial charge on any atom is 0.303 e. The Morgan fingerprint density at radius 3 is 2.28 bits per heavy atom. The van der Waals surface area contributed by atoms with Crippen LogP contribution in [-0.2, 0) is 9.59 Å². The van der Waals surface area contributed by atoms with Crippen molar-refractivity contribution in [2.75, 3.05) is 0 Å². The summed E-state index contributed by atoms with van der Waals surface area (Å²) in [7, 11) is 0. The van der Waals surface area contributed by atoms with Gasteiger partial charge in [-0.3, -0.25) is 14.4 Å². The number of benzene rings is 1. The number of carbonyl (C=O) groups is 3. The van der Waals surface area contributed by atoms with Gasteiger partial charge < -0.3 is 15.7 Å². The van der Waals surface area contributed by atoms with Crippen molar-refractivity contribution in [3.63, 3.8) is 0 Å². The van der Waals surface area contributed by atoms with Gasteiger partial charge in [0.25, 0.3) is 5.91 Å². The first-order valence-electron chi connectivity index (χ1n) is 8.59. The molecule has 2 atom stereocenters. The van der Waals surface area contributed by atoms with E-state index in [9.17, 15) is 14.4 Å². The molecular weight excluding hydrogens is 320 g/mol. The van der Waals surface area contributed by atoms with Crippen LogP contribution in [0.3, 0.4) is 0 Å². The van der Waals surface area contributed by atoms with Crippen molar-refractivity contribution in [2.45, 2.75) is 59.0 Å². The van der Waals surface area contributed by atoms with E-state index in [-0.39, 0.29) is 30.2 Å². The molecule has 0 aliphatic rings. The van der Waals surface area contributed by atoms with E-state index >= 15 is 0 Å². The van der Waals surface area contributed by atoms with Crippen LogP contribution in [0.2, 0.25) is 0 Å². The van der Waals surface area contributed by atoms with Gasteiger partial charge >= 0.3 is 5.97 Å². The summed E-state index contributed by atoms with van der Waals surface area (Å²) in [5.41, 5.74) is 1.39. The van der Waals surface area contributed by atoms with E-state index < -0.39 is 12.0 Å². The molecule has 0 heterocycles. The highest BCUT2D eigenvalue weighted by atomic mass is 16.4. The molecule has 138 valence electrons. The highest BCUT2D eigenvalue weighted by Gasteiger charge is 2.24. The largest absolute Gasteiger partial charge is 0.481 e. The second-order valence-electron chi connectivity index (χ2n) is 6.81. The van der Waals surface area contributed by atoms with Crippen LogP contribution in [0.1, 0.15) is 56.0 Å². The van der Waals surface area contributed by atoms with Crippen molar-refractivity contribution < 1.29 is 19.5 Å². The Morgan fingerprint density at radius 1 is 1.08 bits per heavy atom. The lowest BCUT2D eigenvalue weighted by Crippen LogP contribution is -2.49. The summed E-state index contributed by atoms with van der Waals surface area (Å²) in [4.78, 5) is 35.6. The number of amides is 2. The number of carboxylic acids is 1. The molecule has 0 radical (unpaired) electrons. The van der Waals surface area contributed by atoms with Gasteiger partial charge in [0.1, 0.15) is 6.04 Å². The van der Waals surface area contributed by atoms with Gasteiger partial charge in [0.15, 0.2) is 0 Å². The second kappa shape index (κ2) is 9.81. The monoisotopic (exact) mass is 348 g/mol. The van der Waals surface area contributed by atoms with Gasteiger partial charge in [0, 0.05) is 18.0 Å². The number of hydrogen-bond donors (Lipinski definition) is 3. The first-order chi connectivity index (χ1) is 11.7. The van der Waals surface area contributed by atoms with Crippen molar-refractivity contribution in [1.82, 2.24) is 10.6 Å². The zero-order valence-corrected chi connectivity index (χ0v) is 15.3. The Kier molecular flexibility index (Phi) is 8.11. The third-order valence-corrected chi connectivity index (χ3v) is 3.90. The Labute approximate surface area is 149 Å². The van der Waals surface area contributed by atoms with Crippen LogP contribution in [0.25, 0.3) is 0 Å². The molecule has 0 saturated heterocycles. The van der Waals surface area contributed by atoms with Crippen LogP contribution in [0.4, 0.5) is 0 Å². The summed E-state index contributed by atoms with van der Waals surface area (Å²) in [5, 5.41) is 14.3. The smallest absolute Gasteiger partial charge is 0.303 e. The topological polar surface area (TPSA) is 95.5 Å². The summed E-state index contributed by atoms with van der Waals surface area (Å²) in [6, 6.07) is 6.29. The molecular formula is C19H28N2O4. The normalized spacial score (nSPS) is 13.2. The molecule has 0 spiro atoms. The lowest BCUT2D eigenvalue weighted by atomic mass is 10.0. The minimum Gasteiger partial charge on any atom is -0.481 e. The average molecular weight is 348 g/mol. The van der Waals surface area contributed by atoms with E-state index in [2.05, 4.69) is 10.6 Å². The third-order valence-electron chi connectivity index (χ3n) is 3.90. The highest BCUT2D eigenvalue weighted by Crippen LogP contribution is 2.10. The average Bonchev–Trinajstić information content (AvgIpc) is 2.52. The molecule has 0 saturated carbocycles. The van der Waals surface area contributed by atoms with Crippen LogP contribution >= 0.6 is 0 Å². The highest BCUT2D eigenvalue weighted by molar-refractivity contribution is 5.98. The van der Waals surface area contributed by atoms with E-state index in [4.69, 9.17) is 5.11 Å². The van der Waals surface area contributed by atoms with Crippen molar-refractivity contribution >= 4 is 17.8 Å². The molecule has 1 aromatic carbocycles. The Hall–Kier alpha value is -2.37. The predicted octanol–water partition coefficient (Wildman–Crippen LogP) is 2.51. The lowest BCUT2D eigenvalue weighted by Gasteiger charge is -2.23. The van der Waals surface area contributed by atoms with Crippen molar-refractivity contribution in [2.24, 2.45) is 5.92 Å². The summed E-state index contributed by atoms with van der Waals surface area (Å²) in [6.45, 7) is 7.57. The molecule has 2 unspecified atom stereocenters. The molecule has 0 aliphatic carbocycles. The molecule has 1 rings (SSSR count). The maximum atomic E-state index is 12.5. The predicted molar refractivity (Wildman–Crippen MR) is 96.4 cm³/mol. The molecule has 3 N–H and O–H groups in total. The summed E-state index contributed by atoms with van der Waals surface area (Å²) in [6.07, 6.45) is 0.849. The molecule has 0 aliphatic heterocycles. The van der Waals surface area contributed by atoms with Gasteiger partial charge in [-0.2, -0.15) is 0 Å². The van der Waals surface area contributed by atoms with Crippen molar-refractivity contribution in [1.29, 1.82) is 0 Å². The van der Waals surface area contributed by atoms with Crippen molar-refractivity contribution in [3.8, 4) is 0 Å². The fourth-order valence-corrected chi connectivity index (χ4v) is 2.52. The van der Waals surface area contributed by atoms with Crippen molar-refractivity contribution in [3.05, 3.63) is 35.4 Å². The standard InChI is InChI=1S/C19H28N2O4/c1-12(2)11-16(19(25)20-14(4)9-10-17(22)23)21-18(24)15-8-6-5-7-13(15)3/h5-8,12,14,16H,9-11H2,1-4H3,(H,20,25)(H,21,24)(H,22,23). The number of carbonyl (C=O) groups excluding carboxylic acids is 2. The minimum absolute atomic E-state index is 0.00807. The quantitative estimate of drug-likeness (QED) is 0.639. The van der Waals surface area contributed by atoms with E-state index in [1.54, 1.807) is 19.1 Å². The van der Waals surface area contributed by atoms with Gasteiger partial charge in [-0.25, -0.2) is 0 Å². The minimum atomic E-state index is -0.896. The first-order valence-corrected chi connectivity index (χ1v) is 8.59. The third kappa shape index (κ3) is 7.37. The molecule has 1 aromatic rings. The van der Waals surface area contributed by atoms with Crippen LogP contribution in [0, 0.1) is 12.8 Å². The molecule has 2 amide bonds. The van der Waals surface area contributed by atoms with E-state index in [0.717, 1.165) is 5.56 Å². The lowest BCUT2D eigenvalue weighted by molar-refractivity contribution is -0.137. The van der Waals surface area contributed by atoms with Crippen LogP contribution in [0.5, 0.6) is 0 Å². The van der Waals surface area contributed by atoms with Gasteiger partial charge in [-0.05, 0) is 44.2 Å². The Morgan fingerprint density at radius 2 is 1.72 bits per heavy atom. The number of carboxylic acid groups (broad SMARTS) is 1. The number of rotatable bonds is 9. The molecule has 0 bridgehead atoms. The van der Waals surface area contributed by atoms with Crippen LogP contribution < -0.4 is 10.6 Å². The van der Waals surface area contributed by atoms with E-state index in [0.29, 0.717) is 18.4 Å². The second-order valence-corrected chi connectivity index (χ2v) is 6.81. The fraction of sp³-hybridized carbons (Fsp3) is 0.526. The summed E-state index contributed by atoms with van der Waals surface area (Å²) < 4.78 is 0. The van der Waals surface area contributed by atoms with E-state index in [1.165, 1.54) is 0 Å². The molecule has 6 nitrogen and oxygen atoms in total. The zero-order chi connectivity index (χ0) is 19.0. The SMILES string of the molecule is Cc1ccccc1C(=O)NC(CC(C)C)C(=O)NC(C)CCC(=O)O. The number of aliphatic carboxylic acids is 1. The Bertz CT molecular complexity index is 613. The number of hydrogen-bond acceptors (Lipinski definition) is 3.